The molecule has 1 atom stereocenters. The molecule has 0 saturated carbocycles. The molecule has 1 amide bonds. The molecule has 0 fully saturated rings. The van der Waals surface area contributed by atoms with Crippen LogP contribution in [-0.4, -0.2) is 46.8 Å². The van der Waals surface area contributed by atoms with Gasteiger partial charge in [-0.3, -0.25) is 14.9 Å². The molecule has 0 bridgehead atoms. The number of pyridine rings is 1. The average molecular weight is 499 g/mol. The van der Waals surface area contributed by atoms with E-state index in [9.17, 15) is 4.79 Å². The number of carbonyl (C=O) groups is 1. The van der Waals surface area contributed by atoms with E-state index in [1.165, 1.54) is 0 Å². The maximum absolute atomic E-state index is 13.7. The molecule has 0 radical (unpaired) electrons. The minimum atomic E-state index is -0.378. The fourth-order valence-electron chi connectivity index (χ4n) is 4.66. The van der Waals surface area contributed by atoms with E-state index in [0.717, 1.165) is 46.5 Å². The Morgan fingerprint density at radius 1 is 1.03 bits per heavy atom. The number of ether oxygens (including phenoxy) is 3. The number of amides is 1. The SMILES string of the molecule is CCCCOc1ccc(C2c3c(-c4ccc(OC)cc4)n[nH]c3C(=O)N2Cc2cccnc2)cc1OC. The van der Waals surface area contributed by atoms with Gasteiger partial charge in [0.2, 0.25) is 0 Å². The third-order valence-electron chi connectivity index (χ3n) is 6.56. The smallest absolute Gasteiger partial charge is 0.273 e. The molecular weight excluding hydrogens is 468 g/mol. The van der Waals surface area contributed by atoms with Crippen LogP contribution in [0.1, 0.15) is 53.0 Å². The van der Waals surface area contributed by atoms with Gasteiger partial charge in [-0.15, -0.1) is 0 Å². The van der Waals surface area contributed by atoms with Gasteiger partial charge in [-0.2, -0.15) is 5.10 Å². The lowest BCUT2D eigenvalue weighted by Gasteiger charge is -2.27. The topological polar surface area (TPSA) is 89.6 Å². The highest BCUT2D eigenvalue weighted by Gasteiger charge is 2.42. The summed E-state index contributed by atoms with van der Waals surface area (Å²) in [5.74, 6) is 1.96. The van der Waals surface area contributed by atoms with Crippen LogP contribution >= 0.6 is 0 Å². The first-order valence-corrected chi connectivity index (χ1v) is 12.4. The van der Waals surface area contributed by atoms with Crippen LogP contribution in [0.25, 0.3) is 11.3 Å². The fourth-order valence-corrected chi connectivity index (χ4v) is 4.66. The summed E-state index contributed by atoms with van der Waals surface area (Å²) >= 11 is 0. The van der Waals surface area contributed by atoms with Crippen molar-refractivity contribution in [1.82, 2.24) is 20.1 Å². The van der Waals surface area contributed by atoms with Crippen LogP contribution in [0.4, 0.5) is 0 Å². The summed E-state index contributed by atoms with van der Waals surface area (Å²) in [6.45, 7) is 3.15. The van der Waals surface area contributed by atoms with E-state index in [-0.39, 0.29) is 11.9 Å². The summed E-state index contributed by atoms with van der Waals surface area (Å²) in [7, 11) is 3.26. The number of nitrogens with one attached hydrogen (secondary N) is 1. The van der Waals surface area contributed by atoms with E-state index >= 15 is 0 Å². The highest BCUT2D eigenvalue weighted by molar-refractivity contribution is 6.00. The largest absolute Gasteiger partial charge is 0.497 e. The first kappa shape index (κ1) is 24.4. The molecule has 190 valence electrons. The molecule has 0 saturated heterocycles. The third-order valence-corrected chi connectivity index (χ3v) is 6.56. The maximum atomic E-state index is 13.7. The van der Waals surface area contributed by atoms with Crippen molar-refractivity contribution < 1.29 is 19.0 Å². The summed E-state index contributed by atoms with van der Waals surface area (Å²) in [5.41, 5.74) is 4.80. The van der Waals surface area contributed by atoms with Gasteiger partial charge < -0.3 is 19.1 Å². The molecular formula is C29H30N4O4. The third kappa shape index (κ3) is 4.74. The van der Waals surface area contributed by atoms with Crippen molar-refractivity contribution in [2.45, 2.75) is 32.4 Å². The summed E-state index contributed by atoms with van der Waals surface area (Å²) < 4.78 is 17.0. The number of aromatic nitrogens is 3. The second-order valence-electron chi connectivity index (χ2n) is 8.90. The first-order chi connectivity index (χ1) is 18.1. The molecule has 3 heterocycles. The van der Waals surface area contributed by atoms with Gasteiger partial charge in [0.25, 0.3) is 5.91 Å². The molecule has 4 aromatic rings. The van der Waals surface area contributed by atoms with Gasteiger partial charge in [-0.25, -0.2) is 0 Å². The molecule has 1 unspecified atom stereocenters. The quantitative estimate of drug-likeness (QED) is 0.294. The zero-order valence-electron chi connectivity index (χ0n) is 21.2. The number of hydrogen-bond acceptors (Lipinski definition) is 6. The Kier molecular flexibility index (Phi) is 7.07. The molecule has 2 aromatic carbocycles. The van der Waals surface area contributed by atoms with Crippen molar-refractivity contribution in [3.63, 3.8) is 0 Å². The second-order valence-corrected chi connectivity index (χ2v) is 8.90. The number of nitrogens with zero attached hydrogens (tertiary/aromatic N) is 3. The van der Waals surface area contributed by atoms with Gasteiger partial charge in [0.1, 0.15) is 11.4 Å². The predicted molar refractivity (Wildman–Crippen MR) is 140 cm³/mol. The molecule has 8 nitrogen and oxygen atoms in total. The average Bonchev–Trinajstić information content (AvgIpc) is 3.48. The monoisotopic (exact) mass is 498 g/mol. The van der Waals surface area contributed by atoms with E-state index in [1.54, 1.807) is 26.6 Å². The minimum absolute atomic E-state index is 0.113. The summed E-state index contributed by atoms with van der Waals surface area (Å²) in [6.07, 6.45) is 5.52. The summed E-state index contributed by atoms with van der Waals surface area (Å²) in [4.78, 5) is 19.8. The van der Waals surface area contributed by atoms with Crippen molar-refractivity contribution in [1.29, 1.82) is 0 Å². The lowest BCUT2D eigenvalue weighted by Crippen LogP contribution is -2.29. The second kappa shape index (κ2) is 10.7. The number of hydrogen-bond donors (Lipinski definition) is 1. The van der Waals surface area contributed by atoms with Crippen LogP contribution in [0.2, 0.25) is 0 Å². The Hall–Kier alpha value is -4.33. The number of H-pyrrole nitrogens is 1. The van der Waals surface area contributed by atoms with Crippen LogP contribution in [0, 0.1) is 0 Å². The van der Waals surface area contributed by atoms with Crippen LogP contribution in [0.3, 0.4) is 0 Å². The predicted octanol–water partition coefficient (Wildman–Crippen LogP) is 5.41. The zero-order chi connectivity index (χ0) is 25.8. The highest BCUT2D eigenvalue weighted by Crippen LogP contribution is 2.45. The number of methoxy groups -OCH3 is 2. The van der Waals surface area contributed by atoms with Crippen LogP contribution < -0.4 is 14.2 Å². The Morgan fingerprint density at radius 2 is 1.86 bits per heavy atom. The van der Waals surface area contributed by atoms with Crippen LogP contribution in [-0.2, 0) is 6.54 Å². The molecule has 1 aliphatic rings. The molecule has 1 aliphatic heterocycles. The number of fused-ring (bicyclic) bond motifs is 1. The molecule has 2 aromatic heterocycles. The van der Waals surface area contributed by atoms with Gasteiger partial charge in [0.05, 0.1) is 32.6 Å². The van der Waals surface area contributed by atoms with Crippen molar-refractivity contribution in [3.05, 3.63) is 89.4 Å². The Labute approximate surface area is 216 Å². The van der Waals surface area contributed by atoms with Gasteiger partial charge in [-0.1, -0.05) is 25.5 Å². The minimum Gasteiger partial charge on any atom is -0.497 e. The van der Waals surface area contributed by atoms with E-state index < -0.39 is 0 Å². The van der Waals surface area contributed by atoms with Crippen molar-refractivity contribution in [2.75, 3.05) is 20.8 Å². The number of rotatable bonds is 10. The van der Waals surface area contributed by atoms with Crippen molar-refractivity contribution >= 4 is 5.91 Å². The lowest BCUT2D eigenvalue weighted by molar-refractivity contribution is 0.0729. The Balaban J connectivity index is 1.59. The number of carbonyl (C=O) groups excluding carboxylic acids is 1. The fraction of sp³-hybridized carbons (Fsp3) is 0.276. The number of aromatic amines is 1. The van der Waals surface area contributed by atoms with Crippen molar-refractivity contribution in [2.24, 2.45) is 0 Å². The zero-order valence-corrected chi connectivity index (χ0v) is 21.2. The maximum Gasteiger partial charge on any atom is 0.273 e. The molecule has 1 N–H and O–H groups in total. The molecule has 0 aliphatic carbocycles. The van der Waals surface area contributed by atoms with Gasteiger partial charge in [0.15, 0.2) is 11.5 Å². The normalized spacial score (nSPS) is 14.5. The van der Waals surface area contributed by atoms with E-state index in [0.29, 0.717) is 30.3 Å². The molecule has 37 heavy (non-hydrogen) atoms. The summed E-state index contributed by atoms with van der Waals surface area (Å²) in [5, 5.41) is 7.57. The summed E-state index contributed by atoms with van der Waals surface area (Å²) in [6, 6.07) is 17.0. The molecule has 5 rings (SSSR count). The van der Waals surface area contributed by atoms with Crippen LogP contribution in [0.15, 0.2) is 67.0 Å². The van der Waals surface area contributed by atoms with E-state index in [1.807, 2.05) is 59.5 Å². The van der Waals surface area contributed by atoms with Gasteiger partial charge in [0, 0.05) is 30.1 Å². The standard InChI is InChI=1S/C29H30N4O4/c1-4-5-15-37-23-13-10-21(16-24(23)36-3)28-25-26(20-8-11-22(35-2)12-9-20)31-32-27(25)29(34)33(28)18-19-7-6-14-30-17-19/h6-14,16-17,28H,4-5,15,18H2,1-3H3,(H,31,32). The van der Waals surface area contributed by atoms with Crippen molar-refractivity contribution in [3.8, 4) is 28.5 Å². The Morgan fingerprint density at radius 3 is 2.57 bits per heavy atom. The lowest BCUT2D eigenvalue weighted by atomic mass is 9.95. The first-order valence-electron chi connectivity index (χ1n) is 12.4. The van der Waals surface area contributed by atoms with Gasteiger partial charge in [-0.05, 0) is 60.0 Å². The number of unbranched alkanes of at least 4 members (excludes halogenated alkanes) is 1. The van der Waals surface area contributed by atoms with Crippen LogP contribution in [0.5, 0.6) is 17.2 Å². The molecule has 0 spiro atoms. The number of benzene rings is 2. The van der Waals surface area contributed by atoms with Gasteiger partial charge >= 0.3 is 0 Å². The van der Waals surface area contributed by atoms with E-state index in [4.69, 9.17) is 14.2 Å². The highest BCUT2D eigenvalue weighted by atomic mass is 16.5. The molecule has 8 heteroatoms. The van der Waals surface area contributed by atoms with E-state index in [2.05, 4.69) is 22.1 Å². The Bertz CT molecular complexity index is 1370.